The van der Waals surface area contributed by atoms with Crippen molar-refractivity contribution in [2.24, 2.45) is 0 Å². The Kier molecular flexibility index (Phi) is 9.61. The summed E-state index contributed by atoms with van der Waals surface area (Å²) in [6.45, 7) is 35.8. The Morgan fingerprint density at radius 3 is 1.75 bits per heavy atom. The summed E-state index contributed by atoms with van der Waals surface area (Å²) >= 11 is 0. The maximum Gasteiger partial charge on any atom is 0.247 e. The molecule has 1 atom stereocenters. The van der Waals surface area contributed by atoms with E-state index in [0.29, 0.717) is 0 Å². The number of hydrogen-bond acceptors (Lipinski definition) is 0. The zero-order valence-electron chi connectivity index (χ0n) is 46.2. The Hall–Kier alpha value is -6.38. The highest BCUT2D eigenvalue weighted by Crippen LogP contribution is 2.52. The number of rotatable bonds is 2. The van der Waals surface area contributed by atoms with Crippen LogP contribution in [0, 0.1) is 6.92 Å². The van der Waals surface area contributed by atoms with Gasteiger partial charge in [0.15, 0.2) is 0 Å². The van der Waals surface area contributed by atoms with E-state index in [1.54, 1.807) is 5.56 Å². The smallest absolute Gasteiger partial charge is 0.247 e. The maximum atomic E-state index is 2.74. The highest BCUT2D eigenvalue weighted by Gasteiger charge is 2.45. The van der Waals surface area contributed by atoms with Gasteiger partial charge in [0.25, 0.3) is 0 Å². The molecule has 0 radical (unpaired) electrons. The predicted octanol–water partition coefficient (Wildman–Crippen LogP) is 17.0. The van der Waals surface area contributed by atoms with Gasteiger partial charge in [0, 0.05) is 33.3 Å². The van der Waals surface area contributed by atoms with E-state index in [-0.39, 0.29) is 39.7 Å². The maximum absolute atomic E-state index is 2.74. The van der Waals surface area contributed by atoms with Gasteiger partial charge in [0.1, 0.15) is 0 Å². The van der Waals surface area contributed by atoms with E-state index < -0.39 is 0 Å². The molecule has 13 rings (SSSR count). The van der Waals surface area contributed by atoms with Gasteiger partial charge < -0.3 is 4.57 Å². The number of fused-ring (bicyclic) bond motifs is 16. The predicted molar refractivity (Wildman–Crippen MR) is 318 cm³/mol. The fraction of sp³-hybridized carbons (Fsp3) is 0.324. The molecule has 364 valence electrons. The van der Waals surface area contributed by atoms with Crippen LogP contribution in [0.4, 0.5) is 0 Å². The summed E-state index contributed by atoms with van der Waals surface area (Å²) in [5, 5.41) is 11.0. The molecule has 0 amide bonds. The molecular weight excluding hydrogens is 878 g/mol. The third-order valence-corrected chi connectivity index (χ3v) is 18.2. The minimum Gasteiger partial charge on any atom is -0.310 e. The van der Waals surface area contributed by atoms with Gasteiger partial charge >= 0.3 is 0 Å². The Bertz CT molecular complexity index is 4030. The van der Waals surface area contributed by atoms with Gasteiger partial charge in [-0.05, 0) is 176 Å². The largest absolute Gasteiger partial charge is 0.310 e. The Morgan fingerprint density at radius 2 is 1.04 bits per heavy atom. The van der Waals surface area contributed by atoms with Crippen LogP contribution in [-0.2, 0) is 33.5 Å². The minimum atomic E-state index is -0.174. The lowest BCUT2D eigenvalue weighted by Gasteiger charge is -2.36. The van der Waals surface area contributed by atoms with Crippen molar-refractivity contribution in [3.05, 3.63) is 189 Å². The monoisotopic (exact) mass is 950 g/mol. The Labute approximate surface area is 435 Å². The average molecular weight is 950 g/mol. The van der Waals surface area contributed by atoms with Crippen LogP contribution < -0.4 is 16.4 Å². The van der Waals surface area contributed by atoms with Crippen molar-refractivity contribution in [3.63, 3.8) is 0 Å². The van der Waals surface area contributed by atoms with Crippen LogP contribution >= 0.6 is 0 Å². The number of hydrogen-bond donors (Lipinski definition) is 0. The molecule has 1 aromatic heterocycles. The molecule has 2 heteroatoms. The van der Waals surface area contributed by atoms with Crippen molar-refractivity contribution < 1.29 is 0 Å². The highest BCUT2D eigenvalue weighted by atomic mass is 15.0. The Balaban J connectivity index is 1.24. The van der Waals surface area contributed by atoms with Gasteiger partial charge in [0.05, 0.1) is 5.52 Å². The average Bonchev–Trinajstić information content (AvgIpc) is 3.84. The van der Waals surface area contributed by atoms with Gasteiger partial charge in [-0.2, -0.15) is 0 Å². The summed E-state index contributed by atoms with van der Waals surface area (Å²) in [7, 11) is 0. The van der Waals surface area contributed by atoms with Crippen LogP contribution in [0.1, 0.15) is 165 Å². The molecule has 1 unspecified atom stereocenters. The zero-order chi connectivity index (χ0) is 51.2. The molecule has 1 nitrogen and oxygen atoms in total. The first-order valence-corrected chi connectivity index (χ1v) is 27.4. The summed E-state index contributed by atoms with van der Waals surface area (Å²) in [6.07, 6.45) is 2.04. The van der Waals surface area contributed by atoms with Crippen molar-refractivity contribution in [1.29, 1.82) is 0 Å². The van der Waals surface area contributed by atoms with Crippen molar-refractivity contribution in [1.82, 2.24) is 4.57 Å². The van der Waals surface area contributed by atoms with Crippen molar-refractivity contribution in [2.45, 2.75) is 150 Å². The molecule has 0 saturated heterocycles. The Morgan fingerprint density at radius 1 is 0.452 bits per heavy atom. The van der Waals surface area contributed by atoms with Crippen LogP contribution in [0.2, 0.25) is 0 Å². The summed E-state index contributed by atoms with van der Waals surface area (Å²) in [6, 6.07) is 54.1. The molecule has 2 aliphatic heterocycles. The molecule has 73 heavy (non-hydrogen) atoms. The number of nitrogens with zero attached hydrogens (tertiary/aromatic N) is 1. The summed E-state index contributed by atoms with van der Waals surface area (Å²) in [5.41, 5.74) is 25.4. The van der Waals surface area contributed by atoms with Crippen molar-refractivity contribution in [2.75, 3.05) is 0 Å². The lowest BCUT2D eigenvalue weighted by Crippen LogP contribution is -2.59. The molecule has 10 aromatic rings. The van der Waals surface area contributed by atoms with E-state index >= 15 is 0 Å². The van der Waals surface area contributed by atoms with Gasteiger partial charge in [0.2, 0.25) is 6.71 Å². The first-order chi connectivity index (χ1) is 34.4. The lowest BCUT2D eigenvalue weighted by atomic mass is 9.32. The fourth-order valence-corrected chi connectivity index (χ4v) is 13.8. The quantitative estimate of drug-likeness (QED) is 0.120. The van der Waals surface area contributed by atoms with Gasteiger partial charge in [-0.25, -0.2) is 0 Å². The molecule has 3 heterocycles. The van der Waals surface area contributed by atoms with E-state index in [4.69, 9.17) is 0 Å². The molecule has 0 N–H and O–H groups in total. The molecule has 1 aliphatic carbocycles. The second-order valence-electron chi connectivity index (χ2n) is 27.4. The molecule has 0 spiro atoms. The van der Waals surface area contributed by atoms with E-state index in [1.807, 2.05) is 0 Å². The molecule has 0 fully saturated rings. The zero-order valence-corrected chi connectivity index (χ0v) is 46.2. The summed E-state index contributed by atoms with van der Waals surface area (Å²) in [5.74, 6) is 0.287. The van der Waals surface area contributed by atoms with Crippen LogP contribution in [0.15, 0.2) is 133 Å². The molecular formula is C71H72BN. The standard InChI is InChI=1S/C71H72BN/c1-40-21-25-50-52(31-40)53-34-44(71(14,15)41-19-17-16-18-20-41)23-27-48(53)57-39-62-65-51(63(50)57)29-28-49-47-26-22-42(67(2,3)4)32-54(47)56-35-45(69(8,9)10)37-59(64(49)56)72(65)60-38-46(70(11,12)13)36-58-55-33-43(68(5,6)7)24-30-61(55)73(62)66(58)60/h16-27,30-39,49H,28-29H2,1-15H3. The van der Waals surface area contributed by atoms with Crippen molar-refractivity contribution in [3.8, 4) is 16.8 Å². The topological polar surface area (TPSA) is 4.93 Å². The molecule has 3 aliphatic rings. The summed E-state index contributed by atoms with van der Waals surface area (Å²) in [4.78, 5) is 0. The number of aryl methyl sites for hydroxylation is 2. The van der Waals surface area contributed by atoms with Crippen molar-refractivity contribution >= 4 is 77.2 Å². The first kappa shape index (κ1) is 46.4. The van der Waals surface area contributed by atoms with E-state index in [2.05, 4.69) is 242 Å². The van der Waals surface area contributed by atoms with Crippen LogP contribution in [0.3, 0.4) is 0 Å². The van der Waals surface area contributed by atoms with Gasteiger partial charge in [-0.1, -0.05) is 211 Å². The molecule has 9 aromatic carbocycles. The highest BCUT2D eigenvalue weighted by molar-refractivity contribution is 6.99. The summed E-state index contributed by atoms with van der Waals surface area (Å²) < 4.78 is 2.74. The normalized spacial score (nSPS) is 15.6. The van der Waals surface area contributed by atoms with Crippen LogP contribution in [-0.4, -0.2) is 11.3 Å². The third kappa shape index (κ3) is 6.73. The SMILES string of the molecule is Cc1ccc2c(c1)c1cc(C(C)(C)c3ccccc3)ccc1c1cc3c4c(c21)CCC1c2ccc(C(C)(C)C)cc2-c2cc(C(C)(C)C)cc(c21)B4c1cc(C(C)(C)C)cc2c4cc(C(C)(C)C)ccc4n-3c12. The fourth-order valence-electron chi connectivity index (χ4n) is 13.8. The van der Waals surface area contributed by atoms with Gasteiger partial charge in [-0.3, -0.25) is 0 Å². The van der Waals surface area contributed by atoms with Crippen LogP contribution in [0.25, 0.3) is 70.9 Å². The second kappa shape index (κ2) is 15.1. The van der Waals surface area contributed by atoms with Gasteiger partial charge in [-0.15, -0.1) is 0 Å². The second-order valence-corrected chi connectivity index (χ2v) is 27.4. The number of benzene rings is 9. The van der Waals surface area contributed by atoms with E-state index in [0.717, 1.165) is 12.8 Å². The third-order valence-electron chi connectivity index (χ3n) is 18.2. The van der Waals surface area contributed by atoms with E-state index in [9.17, 15) is 0 Å². The first-order valence-electron chi connectivity index (χ1n) is 27.4. The minimum absolute atomic E-state index is 0.00685. The molecule has 0 bridgehead atoms. The lowest BCUT2D eigenvalue weighted by molar-refractivity contribution is 0.589. The van der Waals surface area contributed by atoms with Crippen LogP contribution in [0.5, 0.6) is 0 Å². The number of aromatic nitrogens is 1. The van der Waals surface area contributed by atoms with E-state index in [1.165, 1.54) is 137 Å². The molecule has 0 saturated carbocycles.